The van der Waals surface area contributed by atoms with Gasteiger partial charge in [-0.15, -0.1) is 0 Å². The average molecular weight is 318 g/mol. The first-order valence-corrected chi connectivity index (χ1v) is 8.26. The Morgan fingerprint density at radius 3 is 2.38 bits per heavy atom. The molecule has 0 aliphatic carbocycles. The SMILES string of the molecule is CC(C)C(NS(=O)(=O)Cc1cc(C(C)(C)C)on1)C(=O)O. The molecule has 1 aromatic rings. The van der Waals surface area contributed by atoms with Gasteiger partial charge in [-0.1, -0.05) is 39.8 Å². The summed E-state index contributed by atoms with van der Waals surface area (Å²) in [5.74, 6) is -1.40. The number of carboxylic acid groups (broad SMARTS) is 1. The lowest BCUT2D eigenvalue weighted by Gasteiger charge is -2.17. The number of nitrogens with zero attached hydrogens (tertiary/aromatic N) is 1. The summed E-state index contributed by atoms with van der Waals surface area (Å²) in [5.41, 5.74) is -0.0235. The molecule has 0 saturated heterocycles. The molecule has 0 amide bonds. The van der Waals surface area contributed by atoms with Gasteiger partial charge in [0, 0.05) is 11.5 Å². The number of carbonyl (C=O) groups is 1. The molecule has 8 heteroatoms. The predicted octanol–water partition coefficient (Wildman–Crippen LogP) is 1.50. The maximum Gasteiger partial charge on any atom is 0.321 e. The summed E-state index contributed by atoms with van der Waals surface area (Å²) in [6.07, 6.45) is 0. The van der Waals surface area contributed by atoms with Crippen molar-refractivity contribution in [3.8, 4) is 0 Å². The van der Waals surface area contributed by atoms with Crippen LogP contribution in [0.1, 0.15) is 46.1 Å². The van der Waals surface area contributed by atoms with Crippen molar-refractivity contribution in [3.05, 3.63) is 17.5 Å². The van der Waals surface area contributed by atoms with Crippen LogP contribution < -0.4 is 4.72 Å². The summed E-state index contributed by atoms with van der Waals surface area (Å²) in [4.78, 5) is 11.0. The highest BCUT2D eigenvalue weighted by atomic mass is 32.2. The van der Waals surface area contributed by atoms with Crippen molar-refractivity contribution in [2.75, 3.05) is 0 Å². The minimum Gasteiger partial charge on any atom is -0.480 e. The molecule has 0 saturated carbocycles. The van der Waals surface area contributed by atoms with Crippen LogP contribution in [0, 0.1) is 5.92 Å². The summed E-state index contributed by atoms with van der Waals surface area (Å²) >= 11 is 0. The molecular formula is C13H22N2O5S. The molecule has 1 atom stereocenters. The van der Waals surface area contributed by atoms with Crippen molar-refractivity contribution in [2.45, 2.75) is 51.8 Å². The molecule has 1 unspecified atom stereocenters. The quantitative estimate of drug-likeness (QED) is 0.822. The van der Waals surface area contributed by atoms with Crippen molar-refractivity contribution in [1.82, 2.24) is 9.88 Å². The number of aromatic nitrogens is 1. The van der Waals surface area contributed by atoms with Gasteiger partial charge in [0.1, 0.15) is 23.2 Å². The van der Waals surface area contributed by atoms with Crippen molar-refractivity contribution in [3.63, 3.8) is 0 Å². The van der Waals surface area contributed by atoms with E-state index in [0.29, 0.717) is 5.76 Å². The van der Waals surface area contributed by atoms with Crippen molar-refractivity contribution < 1.29 is 22.8 Å². The van der Waals surface area contributed by atoms with Crippen LogP contribution in [-0.4, -0.2) is 30.7 Å². The lowest BCUT2D eigenvalue weighted by Crippen LogP contribution is -2.44. The largest absolute Gasteiger partial charge is 0.480 e. The van der Waals surface area contributed by atoms with Crippen molar-refractivity contribution in [1.29, 1.82) is 0 Å². The van der Waals surface area contributed by atoms with Crippen LogP contribution in [0.5, 0.6) is 0 Å². The third-order valence-electron chi connectivity index (χ3n) is 2.88. The minimum absolute atomic E-state index is 0.250. The number of hydrogen-bond donors (Lipinski definition) is 2. The standard InChI is InChI=1S/C13H22N2O5S/c1-8(2)11(12(16)17)15-21(18,19)7-9-6-10(20-14-9)13(3,4)5/h6,8,11,15H,7H2,1-5H3,(H,16,17). The van der Waals surface area contributed by atoms with E-state index in [1.54, 1.807) is 19.9 Å². The van der Waals surface area contributed by atoms with E-state index in [0.717, 1.165) is 0 Å². The first-order valence-electron chi connectivity index (χ1n) is 6.61. The molecule has 0 bridgehead atoms. The van der Waals surface area contributed by atoms with Crippen LogP contribution in [0.2, 0.25) is 0 Å². The summed E-state index contributed by atoms with van der Waals surface area (Å²) in [6.45, 7) is 9.03. The normalized spacial score (nSPS) is 14.4. The van der Waals surface area contributed by atoms with Crippen LogP contribution in [-0.2, 0) is 26.0 Å². The topological polar surface area (TPSA) is 110 Å². The Morgan fingerprint density at radius 2 is 2.00 bits per heavy atom. The van der Waals surface area contributed by atoms with Crippen LogP contribution >= 0.6 is 0 Å². The van der Waals surface area contributed by atoms with Crippen molar-refractivity contribution in [2.24, 2.45) is 5.92 Å². The smallest absolute Gasteiger partial charge is 0.321 e. The van der Waals surface area contributed by atoms with E-state index < -0.39 is 27.8 Å². The molecule has 1 rings (SSSR count). The Bertz CT molecular complexity index is 598. The molecule has 0 spiro atoms. The van der Waals surface area contributed by atoms with Gasteiger partial charge in [-0.25, -0.2) is 13.1 Å². The lowest BCUT2D eigenvalue weighted by molar-refractivity contribution is -0.140. The molecule has 0 fully saturated rings. The highest BCUT2D eigenvalue weighted by molar-refractivity contribution is 7.88. The second kappa shape index (κ2) is 6.15. The van der Waals surface area contributed by atoms with Gasteiger partial charge in [0.2, 0.25) is 10.0 Å². The van der Waals surface area contributed by atoms with Gasteiger partial charge in [-0.05, 0) is 5.92 Å². The molecule has 21 heavy (non-hydrogen) atoms. The molecule has 1 heterocycles. The fourth-order valence-corrected chi connectivity index (χ4v) is 3.00. The first-order chi connectivity index (χ1) is 9.42. The van der Waals surface area contributed by atoms with Gasteiger partial charge in [-0.2, -0.15) is 0 Å². The number of hydrogen-bond acceptors (Lipinski definition) is 5. The fraction of sp³-hybridized carbons (Fsp3) is 0.692. The second-order valence-electron chi connectivity index (χ2n) is 6.37. The number of sulfonamides is 1. The molecule has 120 valence electrons. The second-order valence-corrected chi connectivity index (χ2v) is 8.12. The number of rotatable bonds is 6. The number of nitrogens with one attached hydrogen (secondary N) is 1. The monoisotopic (exact) mass is 318 g/mol. The lowest BCUT2D eigenvalue weighted by atomic mass is 9.93. The Labute approximate surface area is 124 Å². The van der Waals surface area contributed by atoms with Crippen LogP contribution in [0.3, 0.4) is 0 Å². The van der Waals surface area contributed by atoms with Gasteiger partial charge in [0.15, 0.2) is 0 Å². The molecule has 2 N–H and O–H groups in total. The first kappa shape index (κ1) is 17.6. The van der Waals surface area contributed by atoms with E-state index in [-0.39, 0.29) is 17.0 Å². The van der Waals surface area contributed by atoms with E-state index in [1.807, 2.05) is 20.8 Å². The van der Waals surface area contributed by atoms with Crippen LogP contribution in [0.15, 0.2) is 10.6 Å². The third kappa shape index (κ3) is 5.13. The van der Waals surface area contributed by atoms with Gasteiger partial charge in [-0.3, -0.25) is 4.79 Å². The minimum atomic E-state index is -3.81. The van der Waals surface area contributed by atoms with Gasteiger partial charge in [0.05, 0.1) is 0 Å². The summed E-state index contributed by atoms with van der Waals surface area (Å²) in [6, 6.07) is 0.411. The van der Waals surface area contributed by atoms with Crippen molar-refractivity contribution >= 4 is 16.0 Å². The maximum absolute atomic E-state index is 12.0. The Balaban J connectivity index is 2.86. The van der Waals surface area contributed by atoms with Crippen LogP contribution in [0.25, 0.3) is 0 Å². The third-order valence-corrected chi connectivity index (χ3v) is 4.16. The fourth-order valence-electron chi connectivity index (χ4n) is 1.63. The summed E-state index contributed by atoms with van der Waals surface area (Å²) in [7, 11) is -3.81. The summed E-state index contributed by atoms with van der Waals surface area (Å²) in [5, 5.41) is 12.7. The number of carboxylic acids is 1. The van der Waals surface area contributed by atoms with E-state index in [1.165, 1.54) is 0 Å². The van der Waals surface area contributed by atoms with Crippen LogP contribution in [0.4, 0.5) is 0 Å². The Kier molecular flexibility index (Phi) is 5.16. The van der Waals surface area contributed by atoms with E-state index >= 15 is 0 Å². The van der Waals surface area contributed by atoms with Gasteiger partial charge >= 0.3 is 5.97 Å². The Morgan fingerprint density at radius 1 is 1.43 bits per heavy atom. The van der Waals surface area contributed by atoms with Gasteiger partial charge in [0.25, 0.3) is 0 Å². The highest BCUT2D eigenvalue weighted by Gasteiger charge is 2.28. The molecule has 1 aromatic heterocycles. The number of aliphatic carboxylic acids is 1. The predicted molar refractivity (Wildman–Crippen MR) is 77.2 cm³/mol. The molecular weight excluding hydrogens is 296 g/mol. The van der Waals surface area contributed by atoms with Gasteiger partial charge < -0.3 is 9.63 Å². The van der Waals surface area contributed by atoms with E-state index in [2.05, 4.69) is 9.88 Å². The van der Waals surface area contributed by atoms with E-state index in [4.69, 9.17) is 9.63 Å². The maximum atomic E-state index is 12.0. The molecule has 0 radical (unpaired) electrons. The zero-order valence-corrected chi connectivity index (χ0v) is 13.7. The summed E-state index contributed by atoms with van der Waals surface area (Å²) < 4.78 is 31.3. The molecule has 0 aliphatic rings. The highest BCUT2D eigenvalue weighted by Crippen LogP contribution is 2.23. The Hall–Kier alpha value is -1.41. The molecule has 0 aromatic carbocycles. The average Bonchev–Trinajstić information content (AvgIpc) is 2.72. The molecule has 7 nitrogen and oxygen atoms in total. The zero-order chi connectivity index (χ0) is 16.4. The van der Waals surface area contributed by atoms with E-state index in [9.17, 15) is 13.2 Å². The zero-order valence-electron chi connectivity index (χ0n) is 12.9. The molecule has 0 aliphatic heterocycles.